The summed E-state index contributed by atoms with van der Waals surface area (Å²) >= 11 is 0. The van der Waals surface area contributed by atoms with Crippen molar-refractivity contribution in [2.24, 2.45) is 5.92 Å². The van der Waals surface area contributed by atoms with E-state index in [2.05, 4.69) is 41.1 Å². The molecule has 0 bridgehead atoms. The number of hydrogen-bond acceptors (Lipinski definition) is 4. The van der Waals surface area contributed by atoms with Gasteiger partial charge in [0.2, 0.25) is 0 Å². The lowest BCUT2D eigenvalue weighted by atomic mass is 9.78. The fourth-order valence-electron chi connectivity index (χ4n) is 5.47. The second-order valence-electron chi connectivity index (χ2n) is 9.45. The van der Waals surface area contributed by atoms with Gasteiger partial charge in [-0.3, -0.25) is 4.79 Å². The van der Waals surface area contributed by atoms with Crippen molar-refractivity contribution in [2.45, 2.75) is 38.1 Å². The Morgan fingerprint density at radius 2 is 1.68 bits per heavy atom. The second kappa shape index (κ2) is 10.0. The number of nitrogens with zero attached hydrogens (tertiary/aromatic N) is 2. The molecule has 1 amide bonds. The van der Waals surface area contributed by atoms with Crippen molar-refractivity contribution in [3.8, 4) is 0 Å². The molecule has 2 aromatic carbocycles. The summed E-state index contributed by atoms with van der Waals surface area (Å²) in [6, 6.07) is 16.1. The Morgan fingerprint density at radius 1 is 0.971 bits per heavy atom. The number of esters is 1. The number of hydrogen-bond donors (Lipinski definition) is 0. The van der Waals surface area contributed by atoms with Gasteiger partial charge >= 0.3 is 5.97 Å². The molecular weight excluding hydrogens is 428 g/mol. The SMILES string of the molecule is COC(=O)c1ccc(C2CCC(Cn3cc(C(=O)N4CCOCC4)c4ccccc43)CC2)cc1. The van der Waals surface area contributed by atoms with E-state index in [4.69, 9.17) is 9.47 Å². The number of morpholine rings is 1. The van der Waals surface area contributed by atoms with E-state index in [1.165, 1.54) is 12.7 Å². The lowest BCUT2D eigenvalue weighted by Crippen LogP contribution is -2.40. The van der Waals surface area contributed by atoms with Gasteiger partial charge in [-0.05, 0) is 61.3 Å². The maximum absolute atomic E-state index is 13.2. The average Bonchev–Trinajstić information content (AvgIpc) is 3.27. The molecule has 2 aliphatic rings. The minimum absolute atomic E-state index is 0.109. The van der Waals surface area contributed by atoms with E-state index in [-0.39, 0.29) is 11.9 Å². The highest BCUT2D eigenvalue weighted by Gasteiger charge is 2.26. The highest BCUT2D eigenvalue weighted by molar-refractivity contribution is 6.07. The van der Waals surface area contributed by atoms with Crippen LogP contribution >= 0.6 is 0 Å². The molecule has 3 aromatic rings. The van der Waals surface area contributed by atoms with Gasteiger partial charge in [-0.25, -0.2) is 4.79 Å². The van der Waals surface area contributed by atoms with Gasteiger partial charge in [0.1, 0.15) is 0 Å². The van der Waals surface area contributed by atoms with Gasteiger partial charge in [0.05, 0.1) is 31.5 Å². The van der Waals surface area contributed by atoms with Crippen LogP contribution in [0.1, 0.15) is 57.9 Å². The van der Waals surface area contributed by atoms with Gasteiger partial charge in [-0.15, -0.1) is 0 Å². The molecule has 1 saturated heterocycles. The van der Waals surface area contributed by atoms with Gasteiger partial charge in [-0.2, -0.15) is 0 Å². The molecule has 0 spiro atoms. The van der Waals surface area contributed by atoms with Crippen LogP contribution in [0.4, 0.5) is 0 Å². The Labute approximate surface area is 200 Å². The summed E-state index contributed by atoms with van der Waals surface area (Å²) in [4.78, 5) is 26.8. The lowest BCUT2D eigenvalue weighted by Gasteiger charge is -2.29. The molecule has 1 aliphatic heterocycles. The fourth-order valence-corrected chi connectivity index (χ4v) is 5.47. The molecule has 0 N–H and O–H groups in total. The van der Waals surface area contributed by atoms with Gasteiger partial charge in [0.15, 0.2) is 0 Å². The summed E-state index contributed by atoms with van der Waals surface area (Å²) in [5, 5.41) is 1.04. The zero-order valence-electron chi connectivity index (χ0n) is 19.7. The Hall–Kier alpha value is -3.12. The zero-order valence-corrected chi connectivity index (χ0v) is 19.7. The second-order valence-corrected chi connectivity index (χ2v) is 9.45. The molecule has 6 heteroatoms. The summed E-state index contributed by atoms with van der Waals surface area (Å²) in [5.41, 5.74) is 3.84. The number of fused-ring (bicyclic) bond motifs is 1. The third-order valence-corrected chi connectivity index (χ3v) is 7.42. The molecule has 1 aliphatic carbocycles. The van der Waals surface area contributed by atoms with Crippen molar-refractivity contribution in [1.29, 1.82) is 0 Å². The predicted octanol–water partition coefficient (Wildman–Crippen LogP) is 4.87. The topological polar surface area (TPSA) is 60.8 Å². The van der Waals surface area contributed by atoms with E-state index in [0.29, 0.717) is 43.7 Å². The highest BCUT2D eigenvalue weighted by atomic mass is 16.5. The quantitative estimate of drug-likeness (QED) is 0.510. The minimum atomic E-state index is -0.291. The molecule has 178 valence electrons. The monoisotopic (exact) mass is 460 g/mol. The zero-order chi connectivity index (χ0) is 23.5. The van der Waals surface area contributed by atoms with Crippen molar-refractivity contribution in [3.63, 3.8) is 0 Å². The van der Waals surface area contributed by atoms with Crippen molar-refractivity contribution < 1.29 is 19.1 Å². The van der Waals surface area contributed by atoms with Crippen LogP contribution in [-0.2, 0) is 16.0 Å². The highest BCUT2D eigenvalue weighted by Crippen LogP contribution is 2.37. The number of rotatable bonds is 5. The summed E-state index contributed by atoms with van der Waals surface area (Å²) in [6.45, 7) is 3.47. The number of ether oxygens (including phenoxy) is 2. The predicted molar refractivity (Wildman–Crippen MR) is 131 cm³/mol. The molecule has 1 saturated carbocycles. The summed E-state index contributed by atoms with van der Waals surface area (Å²) < 4.78 is 12.5. The Bertz CT molecular complexity index is 1150. The molecule has 0 unspecified atom stereocenters. The standard InChI is InChI=1S/C28H32N2O4/c1-33-28(32)23-12-10-22(11-13-23)21-8-6-20(7-9-21)18-30-19-25(24-4-2-3-5-26(24)30)27(31)29-14-16-34-17-15-29/h2-5,10-13,19-21H,6-9,14-18H2,1H3. The molecular formula is C28H32N2O4. The maximum atomic E-state index is 13.2. The number of benzene rings is 2. The number of para-hydroxylation sites is 1. The number of carbonyl (C=O) groups excluding carboxylic acids is 2. The van der Waals surface area contributed by atoms with E-state index in [9.17, 15) is 9.59 Å². The summed E-state index contributed by atoms with van der Waals surface area (Å²) in [7, 11) is 1.41. The van der Waals surface area contributed by atoms with E-state index < -0.39 is 0 Å². The van der Waals surface area contributed by atoms with E-state index >= 15 is 0 Å². The first kappa shape index (κ1) is 22.7. The van der Waals surface area contributed by atoms with E-state index in [1.807, 2.05) is 23.1 Å². The lowest BCUT2D eigenvalue weighted by molar-refractivity contribution is 0.0304. The van der Waals surface area contributed by atoms with Crippen molar-refractivity contribution in [2.75, 3.05) is 33.4 Å². The number of amides is 1. The van der Waals surface area contributed by atoms with Gasteiger partial charge in [0.25, 0.3) is 5.91 Å². The van der Waals surface area contributed by atoms with Crippen molar-refractivity contribution >= 4 is 22.8 Å². The largest absolute Gasteiger partial charge is 0.465 e. The van der Waals surface area contributed by atoms with Crippen molar-refractivity contribution in [1.82, 2.24) is 9.47 Å². The Morgan fingerprint density at radius 3 is 2.38 bits per heavy atom. The first-order valence-electron chi connectivity index (χ1n) is 12.3. The number of carbonyl (C=O) groups is 2. The van der Waals surface area contributed by atoms with Gasteiger partial charge in [0, 0.05) is 36.7 Å². The summed E-state index contributed by atoms with van der Waals surface area (Å²) in [5.74, 6) is 0.939. The molecule has 6 nitrogen and oxygen atoms in total. The first-order valence-corrected chi connectivity index (χ1v) is 12.3. The molecule has 1 aromatic heterocycles. The van der Waals surface area contributed by atoms with Crippen LogP contribution in [0.25, 0.3) is 10.9 Å². The molecule has 0 atom stereocenters. The van der Waals surface area contributed by atoms with Crippen LogP contribution in [0.15, 0.2) is 54.7 Å². The van der Waals surface area contributed by atoms with Crippen LogP contribution in [0.3, 0.4) is 0 Å². The van der Waals surface area contributed by atoms with E-state index in [0.717, 1.165) is 48.7 Å². The molecule has 2 fully saturated rings. The number of aromatic nitrogens is 1. The smallest absolute Gasteiger partial charge is 0.337 e. The van der Waals surface area contributed by atoms with E-state index in [1.54, 1.807) is 0 Å². The fraction of sp³-hybridized carbons (Fsp3) is 0.429. The Kier molecular flexibility index (Phi) is 6.68. The molecule has 2 heterocycles. The van der Waals surface area contributed by atoms with Gasteiger partial charge < -0.3 is 18.9 Å². The van der Waals surface area contributed by atoms with Crippen LogP contribution in [0, 0.1) is 5.92 Å². The van der Waals surface area contributed by atoms with Crippen LogP contribution < -0.4 is 0 Å². The van der Waals surface area contributed by atoms with Gasteiger partial charge in [-0.1, -0.05) is 30.3 Å². The first-order chi connectivity index (χ1) is 16.6. The third-order valence-electron chi connectivity index (χ3n) is 7.42. The molecule has 0 radical (unpaired) electrons. The van der Waals surface area contributed by atoms with Crippen LogP contribution in [0.2, 0.25) is 0 Å². The normalized spacial score (nSPS) is 20.9. The molecule has 34 heavy (non-hydrogen) atoms. The summed E-state index contributed by atoms with van der Waals surface area (Å²) in [6.07, 6.45) is 6.66. The maximum Gasteiger partial charge on any atom is 0.337 e. The number of methoxy groups -OCH3 is 1. The van der Waals surface area contributed by atoms with Crippen molar-refractivity contribution in [3.05, 3.63) is 71.4 Å². The van der Waals surface area contributed by atoms with Crippen LogP contribution in [-0.4, -0.2) is 54.8 Å². The third kappa shape index (κ3) is 4.60. The molecule has 5 rings (SSSR count). The Balaban J connectivity index is 1.26. The average molecular weight is 461 g/mol. The van der Waals surface area contributed by atoms with Crippen LogP contribution in [0.5, 0.6) is 0 Å². The minimum Gasteiger partial charge on any atom is -0.465 e.